The molecule has 114 valence electrons. The first-order valence-electron chi connectivity index (χ1n) is 7.27. The third kappa shape index (κ3) is 3.96. The lowest BCUT2D eigenvalue weighted by Crippen LogP contribution is -2.39. The number of nitrogens with one attached hydrogen (secondary N) is 1. The van der Waals surface area contributed by atoms with E-state index in [4.69, 9.17) is 0 Å². The monoisotopic (exact) mass is 298 g/mol. The largest absolute Gasteiger partial charge is 0.388 e. The van der Waals surface area contributed by atoms with Crippen LogP contribution in [0.3, 0.4) is 0 Å². The smallest absolute Gasteiger partial charge is 0.243 e. The zero-order chi connectivity index (χ0) is 15.2. The molecule has 0 aliphatic heterocycles. The van der Waals surface area contributed by atoms with Crippen molar-refractivity contribution in [2.45, 2.75) is 51.0 Å². The second-order valence-corrected chi connectivity index (χ2v) is 6.89. The predicted molar refractivity (Wildman–Crippen MR) is 84.5 cm³/mol. The fraction of sp³-hybridized carbons (Fsp3) is 0.600. The van der Waals surface area contributed by atoms with Crippen LogP contribution in [0, 0.1) is 0 Å². The first-order valence-corrected chi connectivity index (χ1v) is 8.71. The molecule has 0 fully saturated rings. The van der Waals surface area contributed by atoms with Crippen molar-refractivity contribution in [3.63, 3.8) is 0 Å². The van der Waals surface area contributed by atoms with Gasteiger partial charge in [0.15, 0.2) is 0 Å². The summed E-state index contributed by atoms with van der Waals surface area (Å²) in [6.07, 6.45) is 2.69. The Morgan fingerprint density at radius 3 is 2.25 bits per heavy atom. The van der Waals surface area contributed by atoms with Gasteiger partial charge < -0.3 is 5.32 Å². The maximum atomic E-state index is 12.7. The van der Waals surface area contributed by atoms with E-state index < -0.39 is 10.0 Å². The van der Waals surface area contributed by atoms with E-state index in [0.29, 0.717) is 11.4 Å². The molecule has 1 aromatic rings. The number of anilines is 1. The molecule has 0 bridgehead atoms. The lowest BCUT2D eigenvalue weighted by Gasteiger charge is -2.27. The van der Waals surface area contributed by atoms with Gasteiger partial charge in [-0.15, -0.1) is 0 Å². The van der Waals surface area contributed by atoms with Gasteiger partial charge >= 0.3 is 0 Å². The van der Waals surface area contributed by atoms with Gasteiger partial charge in [0.2, 0.25) is 10.0 Å². The molecule has 0 saturated heterocycles. The highest BCUT2D eigenvalue weighted by Crippen LogP contribution is 2.21. The molecule has 4 nitrogen and oxygen atoms in total. The summed E-state index contributed by atoms with van der Waals surface area (Å²) in [5.41, 5.74) is 0.910. The van der Waals surface area contributed by atoms with Crippen LogP contribution in [-0.4, -0.2) is 32.4 Å². The van der Waals surface area contributed by atoms with Crippen molar-refractivity contribution in [3.05, 3.63) is 24.3 Å². The highest BCUT2D eigenvalue weighted by molar-refractivity contribution is 7.89. The highest BCUT2D eigenvalue weighted by atomic mass is 32.2. The van der Waals surface area contributed by atoms with Crippen molar-refractivity contribution in [2.24, 2.45) is 0 Å². The quantitative estimate of drug-likeness (QED) is 0.801. The Hall–Kier alpha value is -1.07. The molecule has 0 aromatic heterocycles. The molecule has 1 atom stereocenters. The molecule has 1 aromatic carbocycles. The molecule has 0 radical (unpaired) electrons. The first kappa shape index (κ1) is 17.0. The van der Waals surface area contributed by atoms with E-state index in [-0.39, 0.29) is 6.04 Å². The molecule has 1 rings (SSSR count). The summed E-state index contributed by atoms with van der Waals surface area (Å²) in [5.74, 6) is 0. The molecule has 0 aliphatic carbocycles. The molecule has 5 heteroatoms. The Bertz CT molecular complexity index is 497. The summed E-state index contributed by atoms with van der Waals surface area (Å²) >= 11 is 0. The lowest BCUT2D eigenvalue weighted by atomic mass is 10.2. The number of unbranched alkanes of at least 4 members (excludes halogenated alkanes) is 1. The molecule has 0 saturated carbocycles. The average molecular weight is 298 g/mol. The number of hydrogen-bond acceptors (Lipinski definition) is 3. The van der Waals surface area contributed by atoms with E-state index in [9.17, 15) is 8.42 Å². The fourth-order valence-corrected chi connectivity index (χ4v) is 3.77. The Kier molecular flexibility index (Phi) is 6.49. The van der Waals surface area contributed by atoms with Crippen LogP contribution in [0.4, 0.5) is 5.69 Å². The van der Waals surface area contributed by atoms with Gasteiger partial charge in [-0.2, -0.15) is 4.31 Å². The van der Waals surface area contributed by atoms with Gasteiger partial charge in [0.1, 0.15) is 0 Å². The molecule has 0 spiro atoms. The zero-order valence-electron chi connectivity index (χ0n) is 12.9. The molecule has 1 N–H and O–H groups in total. The van der Waals surface area contributed by atoms with Gasteiger partial charge in [0.25, 0.3) is 0 Å². The molecule has 0 amide bonds. The SMILES string of the molecule is CCCCN(C(C)CC)S(=O)(=O)c1ccc(NC)cc1. The fourth-order valence-electron chi connectivity index (χ4n) is 2.02. The Labute approximate surface area is 123 Å². The van der Waals surface area contributed by atoms with E-state index in [1.165, 1.54) is 0 Å². The summed E-state index contributed by atoms with van der Waals surface area (Å²) in [6, 6.07) is 6.95. The summed E-state index contributed by atoms with van der Waals surface area (Å²) in [7, 11) is -1.59. The third-order valence-corrected chi connectivity index (χ3v) is 5.59. The van der Waals surface area contributed by atoms with Crippen molar-refractivity contribution in [1.82, 2.24) is 4.31 Å². The Morgan fingerprint density at radius 1 is 1.20 bits per heavy atom. The molecular formula is C15H26N2O2S. The van der Waals surface area contributed by atoms with Crippen molar-refractivity contribution in [3.8, 4) is 0 Å². The maximum Gasteiger partial charge on any atom is 0.243 e. The minimum Gasteiger partial charge on any atom is -0.388 e. The van der Waals surface area contributed by atoms with Gasteiger partial charge in [-0.05, 0) is 44.0 Å². The summed E-state index contributed by atoms with van der Waals surface area (Å²) in [5, 5.41) is 2.99. The maximum absolute atomic E-state index is 12.7. The molecule has 0 aliphatic rings. The van der Waals surface area contributed by atoms with Crippen molar-refractivity contribution in [2.75, 3.05) is 18.9 Å². The van der Waals surface area contributed by atoms with E-state index in [1.54, 1.807) is 28.6 Å². The van der Waals surface area contributed by atoms with Crippen LogP contribution in [-0.2, 0) is 10.0 Å². The van der Waals surface area contributed by atoms with Crippen LogP contribution in [0.25, 0.3) is 0 Å². The van der Waals surface area contributed by atoms with Gasteiger partial charge in [-0.3, -0.25) is 0 Å². The second-order valence-electron chi connectivity index (χ2n) is 5.00. The summed E-state index contributed by atoms with van der Waals surface area (Å²) in [4.78, 5) is 0.368. The Morgan fingerprint density at radius 2 is 1.80 bits per heavy atom. The number of sulfonamides is 1. The van der Waals surface area contributed by atoms with Crippen molar-refractivity contribution < 1.29 is 8.42 Å². The molecule has 1 unspecified atom stereocenters. The van der Waals surface area contributed by atoms with Crippen LogP contribution >= 0.6 is 0 Å². The molecule has 0 heterocycles. The van der Waals surface area contributed by atoms with Crippen LogP contribution in [0.1, 0.15) is 40.0 Å². The topological polar surface area (TPSA) is 49.4 Å². The first-order chi connectivity index (χ1) is 9.47. The standard InChI is InChI=1S/C15H26N2O2S/c1-5-7-12-17(13(3)6-2)20(18,19)15-10-8-14(16-4)9-11-15/h8-11,13,16H,5-7,12H2,1-4H3. The van der Waals surface area contributed by atoms with Gasteiger partial charge in [-0.25, -0.2) is 8.42 Å². The number of rotatable bonds is 8. The van der Waals surface area contributed by atoms with Crippen LogP contribution in [0.2, 0.25) is 0 Å². The van der Waals surface area contributed by atoms with Crippen LogP contribution in [0.5, 0.6) is 0 Å². The number of nitrogens with zero attached hydrogens (tertiary/aromatic N) is 1. The van der Waals surface area contributed by atoms with Gasteiger partial charge in [0, 0.05) is 25.3 Å². The van der Waals surface area contributed by atoms with Crippen LogP contribution < -0.4 is 5.32 Å². The second kappa shape index (κ2) is 7.64. The normalized spacial score (nSPS) is 13.4. The number of hydrogen-bond donors (Lipinski definition) is 1. The minimum absolute atomic E-state index is 0.0236. The average Bonchev–Trinajstić information content (AvgIpc) is 2.47. The third-order valence-electron chi connectivity index (χ3n) is 3.56. The molecular weight excluding hydrogens is 272 g/mol. The van der Waals surface area contributed by atoms with Crippen molar-refractivity contribution in [1.29, 1.82) is 0 Å². The Balaban J connectivity index is 3.07. The lowest BCUT2D eigenvalue weighted by molar-refractivity contribution is 0.324. The van der Waals surface area contributed by atoms with E-state index in [0.717, 1.165) is 24.9 Å². The minimum atomic E-state index is -3.40. The van der Waals surface area contributed by atoms with Gasteiger partial charge in [0.05, 0.1) is 4.90 Å². The van der Waals surface area contributed by atoms with Gasteiger partial charge in [-0.1, -0.05) is 20.3 Å². The highest BCUT2D eigenvalue weighted by Gasteiger charge is 2.27. The van der Waals surface area contributed by atoms with E-state index in [2.05, 4.69) is 12.2 Å². The molecule has 20 heavy (non-hydrogen) atoms. The summed E-state index contributed by atoms with van der Waals surface area (Å²) in [6.45, 7) is 6.64. The van der Waals surface area contributed by atoms with E-state index >= 15 is 0 Å². The van der Waals surface area contributed by atoms with Crippen LogP contribution in [0.15, 0.2) is 29.2 Å². The predicted octanol–water partition coefficient (Wildman–Crippen LogP) is 3.32. The number of benzene rings is 1. The van der Waals surface area contributed by atoms with E-state index in [1.807, 2.05) is 20.9 Å². The summed E-state index contributed by atoms with van der Waals surface area (Å²) < 4.78 is 27.1. The van der Waals surface area contributed by atoms with Crippen molar-refractivity contribution >= 4 is 15.7 Å². The zero-order valence-corrected chi connectivity index (χ0v) is 13.7.